The summed E-state index contributed by atoms with van der Waals surface area (Å²) in [6, 6.07) is 3.94. The van der Waals surface area contributed by atoms with Crippen LogP contribution < -0.4 is 10.1 Å². The normalized spacial score (nSPS) is 12.6. The quantitative estimate of drug-likeness (QED) is 0.616. The Morgan fingerprint density at radius 1 is 1.29 bits per heavy atom. The zero-order valence-corrected chi connectivity index (χ0v) is 9.77. The molecule has 0 saturated carbocycles. The van der Waals surface area contributed by atoms with Gasteiger partial charge in [-0.25, -0.2) is 0 Å². The molecule has 0 spiro atoms. The zero-order valence-electron chi connectivity index (χ0n) is 9.02. The lowest BCUT2D eigenvalue weighted by atomic mass is 10.0. The predicted octanol–water partition coefficient (Wildman–Crippen LogP) is 2.77. The average Bonchev–Trinajstić information content (AvgIpc) is 2.21. The molecule has 1 unspecified atom stereocenters. The maximum Gasteiger partial charge on any atom is 0.122 e. The molecule has 3 heteroatoms. The summed E-state index contributed by atoms with van der Waals surface area (Å²) < 4.78 is 5.23. The number of halogens is 1. The summed E-state index contributed by atoms with van der Waals surface area (Å²) in [5, 5.41) is 3.01. The van der Waals surface area contributed by atoms with Crippen LogP contribution in [0.3, 0.4) is 0 Å². The van der Waals surface area contributed by atoms with Crippen molar-refractivity contribution in [2.24, 2.45) is 0 Å². The molecule has 14 heavy (non-hydrogen) atoms. The number of rotatable bonds is 3. The van der Waals surface area contributed by atoms with Crippen molar-refractivity contribution in [3.63, 3.8) is 0 Å². The van der Waals surface area contributed by atoms with Gasteiger partial charge in [0.05, 0.1) is 7.11 Å². The maximum absolute atomic E-state index is 6.11. The van der Waals surface area contributed by atoms with Crippen molar-refractivity contribution in [1.82, 2.24) is 5.32 Å². The molecule has 0 amide bonds. The molecule has 0 fully saturated rings. The molecule has 0 radical (unpaired) electrons. The van der Waals surface area contributed by atoms with Crippen molar-refractivity contribution in [1.29, 1.82) is 0 Å². The van der Waals surface area contributed by atoms with Gasteiger partial charge in [0, 0.05) is 0 Å². The highest BCUT2D eigenvalue weighted by atomic mass is 35.5. The highest BCUT2D eigenvalue weighted by molar-refractivity contribution is 6.20. The Kier molecular flexibility index (Phi) is 3.78. The molecule has 0 aliphatic heterocycles. The zero-order chi connectivity index (χ0) is 10.7. The lowest BCUT2D eigenvalue weighted by Gasteiger charge is -2.15. The van der Waals surface area contributed by atoms with Crippen LogP contribution >= 0.6 is 11.6 Å². The van der Waals surface area contributed by atoms with E-state index in [0.717, 1.165) is 16.9 Å². The first-order valence-electron chi connectivity index (χ1n) is 4.57. The van der Waals surface area contributed by atoms with E-state index in [1.54, 1.807) is 7.11 Å². The van der Waals surface area contributed by atoms with Crippen molar-refractivity contribution in [2.45, 2.75) is 19.3 Å². The minimum Gasteiger partial charge on any atom is -0.496 e. The van der Waals surface area contributed by atoms with Gasteiger partial charge in [-0.1, -0.05) is 6.07 Å². The third-order valence-corrected chi connectivity index (χ3v) is 2.98. The molecule has 78 valence electrons. The highest BCUT2D eigenvalue weighted by Gasteiger charge is 2.11. The summed E-state index contributed by atoms with van der Waals surface area (Å²) in [4.78, 5) is 0. The Morgan fingerprint density at radius 2 is 1.93 bits per heavy atom. The van der Waals surface area contributed by atoms with Crippen LogP contribution in [0.4, 0.5) is 0 Å². The second-order valence-electron chi connectivity index (χ2n) is 3.26. The number of hydrogen-bond donors (Lipinski definition) is 1. The van der Waals surface area contributed by atoms with Gasteiger partial charge in [-0.3, -0.25) is 0 Å². The SMILES string of the molecule is CNC(Cl)c1ccc(OC)c(C)c1C. The van der Waals surface area contributed by atoms with Crippen LogP contribution in [0.25, 0.3) is 0 Å². The number of hydrogen-bond acceptors (Lipinski definition) is 2. The molecular weight excluding hydrogens is 198 g/mol. The number of alkyl halides is 1. The molecule has 0 bridgehead atoms. The van der Waals surface area contributed by atoms with Crippen LogP contribution in [0.15, 0.2) is 12.1 Å². The van der Waals surface area contributed by atoms with E-state index in [9.17, 15) is 0 Å². The minimum absolute atomic E-state index is 0.139. The lowest BCUT2D eigenvalue weighted by molar-refractivity contribution is 0.411. The van der Waals surface area contributed by atoms with Gasteiger partial charge in [0.2, 0.25) is 0 Å². The third kappa shape index (κ3) is 2.02. The van der Waals surface area contributed by atoms with E-state index < -0.39 is 0 Å². The van der Waals surface area contributed by atoms with Crippen molar-refractivity contribution in [3.8, 4) is 5.75 Å². The summed E-state index contributed by atoms with van der Waals surface area (Å²) in [7, 11) is 3.52. The molecule has 0 aliphatic rings. The van der Waals surface area contributed by atoms with E-state index in [0.29, 0.717) is 0 Å². The molecule has 0 aliphatic carbocycles. The van der Waals surface area contributed by atoms with Crippen molar-refractivity contribution < 1.29 is 4.74 Å². The third-order valence-electron chi connectivity index (χ3n) is 2.53. The molecule has 0 saturated heterocycles. The standard InChI is InChI=1S/C11H16ClNO/c1-7-8(2)10(14-4)6-5-9(7)11(12)13-3/h5-6,11,13H,1-4H3. The lowest BCUT2D eigenvalue weighted by Crippen LogP contribution is -2.12. The van der Waals surface area contributed by atoms with Crippen LogP contribution in [0.5, 0.6) is 5.75 Å². The van der Waals surface area contributed by atoms with E-state index in [1.807, 2.05) is 26.1 Å². The van der Waals surface area contributed by atoms with E-state index in [-0.39, 0.29) is 5.50 Å². The smallest absolute Gasteiger partial charge is 0.122 e. The number of ether oxygens (including phenoxy) is 1. The Balaban J connectivity index is 3.17. The Morgan fingerprint density at radius 3 is 2.43 bits per heavy atom. The Hall–Kier alpha value is -0.730. The predicted molar refractivity (Wildman–Crippen MR) is 60.1 cm³/mol. The molecule has 0 heterocycles. The second kappa shape index (κ2) is 4.67. The molecule has 1 atom stereocenters. The Bertz CT molecular complexity index is 325. The van der Waals surface area contributed by atoms with Crippen LogP contribution in [-0.2, 0) is 0 Å². The molecule has 0 aromatic heterocycles. The summed E-state index contributed by atoms with van der Waals surface area (Å²) in [5.74, 6) is 0.909. The van der Waals surface area contributed by atoms with E-state index >= 15 is 0 Å². The van der Waals surface area contributed by atoms with E-state index in [2.05, 4.69) is 12.2 Å². The van der Waals surface area contributed by atoms with Crippen LogP contribution in [0, 0.1) is 13.8 Å². The fraction of sp³-hybridized carbons (Fsp3) is 0.455. The number of methoxy groups -OCH3 is 1. The van der Waals surface area contributed by atoms with Crippen molar-refractivity contribution in [3.05, 3.63) is 28.8 Å². The minimum atomic E-state index is -0.139. The summed E-state index contributed by atoms with van der Waals surface area (Å²) in [6.07, 6.45) is 0. The first-order chi connectivity index (χ1) is 6.61. The maximum atomic E-state index is 6.11. The molecule has 1 rings (SSSR count). The van der Waals surface area contributed by atoms with Gasteiger partial charge in [-0.2, -0.15) is 0 Å². The number of nitrogens with one attached hydrogen (secondary N) is 1. The fourth-order valence-corrected chi connectivity index (χ4v) is 1.70. The summed E-state index contributed by atoms with van der Waals surface area (Å²) in [5.41, 5.74) is 3.29. The molecule has 1 aromatic carbocycles. The van der Waals surface area contributed by atoms with Gasteiger partial charge >= 0.3 is 0 Å². The van der Waals surface area contributed by atoms with E-state index in [1.165, 1.54) is 5.56 Å². The second-order valence-corrected chi connectivity index (χ2v) is 3.69. The van der Waals surface area contributed by atoms with Crippen molar-refractivity contribution in [2.75, 3.05) is 14.2 Å². The average molecular weight is 214 g/mol. The van der Waals surface area contributed by atoms with Gasteiger partial charge in [0.15, 0.2) is 0 Å². The van der Waals surface area contributed by atoms with Gasteiger partial charge in [-0.15, -0.1) is 11.6 Å². The monoisotopic (exact) mass is 213 g/mol. The molecule has 1 N–H and O–H groups in total. The van der Waals surface area contributed by atoms with Gasteiger partial charge in [0.25, 0.3) is 0 Å². The number of benzene rings is 1. The topological polar surface area (TPSA) is 21.3 Å². The molecular formula is C11H16ClNO. The van der Waals surface area contributed by atoms with Crippen LogP contribution in [-0.4, -0.2) is 14.2 Å². The van der Waals surface area contributed by atoms with Crippen molar-refractivity contribution >= 4 is 11.6 Å². The van der Waals surface area contributed by atoms with Gasteiger partial charge < -0.3 is 10.1 Å². The highest BCUT2D eigenvalue weighted by Crippen LogP contribution is 2.28. The first-order valence-corrected chi connectivity index (χ1v) is 5.01. The first kappa shape index (κ1) is 11.3. The molecule has 1 aromatic rings. The van der Waals surface area contributed by atoms with E-state index in [4.69, 9.17) is 16.3 Å². The van der Waals surface area contributed by atoms with Gasteiger partial charge in [0.1, 0.15) is 11.3 Å². The van der Waals surface area contributed by atoms with Crippen LogP contribution in [0.1, 0.15) is 22.2 Å². The molecule has 2 nitrogen and oxygen atoms in total. The van der Waals surface area contributed by atoms with Crippen LogP contribution in [0.2, 0.25) is 0 Å². The Labute approximate surface area is 90.2 Å². The summed E-state index contributed by atoms with van der Waals surface area (Å²) in [6.45, 7) is 4.09. The van der Waals surface area contributed by atoms with Gasteiger partial charge in [-0.05, 0) is 43.7 Å². The fourth-order valence-electron chi connectivity index (χ4n) is 1.47. The largest absolute Gasteiger partial charge is 0.496 e. The summed E-state index contributed by atoms with van der Waals surface area (Å²) >= 11 is 6.11.